The van der Waals surface area contributed by atoms with Crippen LogP contribution >= 0.6 is 0 Å². The van der Waals surface area contributed by atoms with Crippen LogP contribution in [0.2, 0.25) is 0 Å². The molecule has 2 heterocycles. The number of carbonyl (C=O) groups is 2. The monoisotopic (exact) mass is 433 g/mol. The Morgan fingerprint density at radius 3 is 2.38 bits per heavy atom. The Morgan fingerprint density at radius 1 is 1.00 bits per heavy atom. The first-order valence-electron chi connectivity index (χ1n) is 11.4. The van der Waals surface area contributed by atoms with Gasteiger partial charge >= 0.3 is 0 Å². The lowest BCUT2D eigenvalue weighted by Gasteiger charge is -2.34. The number of hydrogen-bond donors (Lipinski definition) is 1. The average Bonchev–Trinajstić information content (AvgIpc) is 3.15. The van der Waals surface area contributed by atoms with Gasteiger partial charge in [0.1, 0.15) is 5.82 Å². The third-order valence-electron chi connectivity index (χ3n) is 6.11. The molecule has 0 spiro atoms. The lowest BCUT2D eigenvalue weighted by molar-refractivity contribution is -0.132. The molecule has 1 fully saturated rings. The zero-order valence-corrected chi connectivity index (χ0v) is 19.1. The fourth-order valence-electron chi connectivity index (χ4n) is 4.22. The van der Waals surface area contributed by atoms with Crippen molar-refractivity contribution in [2.24, 2.45) is 0 Å². The van der Waals surface area contributed by atoms with Crippen molar-refractivity contribution in [1.29, 1.82) is 0 Å². The molecule has 168 valence electrons. The highest BCUT2D eigenvalue weighted by Crippen LogP contribution is 2.22. The molecule has 0 aliphatic carbocycles. The van der Waals surface area contributed by atoms with Crippen molar-refractivity contribution < 1.29 is 9.59 Å². The molecule has 1 aliphatic rings. The molecule has 3 aromatic rings. The second kappa shape index (κ2) is 9.53. The fourth-order valence-corrected chi connectivity index (χ4v) is 4.22. The molecule has 1 aliphatic heterocycles. The van der Waals surface area contributed by atoms with Crippen LogP contribution in [0.4, 0.5) is 5.69 Å². The van der Waals surface area contributed by atoms with Crippen LogP contribution < -0.4 is 5.32 Å². The van der Waals surface area contributed by atoms with Crippen LogP contribution in [0.25, 0.3) is 11.0 Å². The number of imidazole rings is 1. The summed E-state index contributed by atoms with van der Waals surface area (Å²) in [5.41, 5.74) is 4.44. The lowest BCUT2D eigenvalue weighted by atomic mass is 10.1. The van der Waals surface area contributed by atoms with Crippen molar-refractivity contribution in [3.8, 4) is 0 Å². The van der Waals surface area contributed by atoms with E-state index in [4.69, 9.17) is 4.98 Å². The van der Waals surface area contributed by atoms with Gasteiger partial charge in [-0.2, -0.15) is 0 Å². The number of benzene rings is 2. The number of amides is 2. The Hall–Kier alpha value is -3.19. The molecule has 1 aromatic heterocycles. The molecular formula is C25H31N5O2. The van der Waals surface area contributed by atoms with Crippen LogP contribution in [0, 0.1) is 6.92 Å². The minimum atomic E-state index is -0.126. The zero-order chi connectivity index (χ0) is 22.7. The third kappa shape index (κ3) is 4.67. The molecule has 7 nitrogen and oxygen atoms in total. The van der Waals surface area contributed by atoms with Gasteiger partial charge in [-0.05, 0) is 44.2 Å². The van der Waals surface area contributed by atoms with Crippen molar-refractivity contribution in [3.63, 3.8) is 0 Å². The maximum Gasteiger partial charge on any atom is 0.255 e. The third-order valence-corrected chi connectivity index (χ3v) is 6.11. The molecule has 0 saturated carbocycles. The molecule has 0 bridgehead atoms. The quantitative estimate of drug-likeness (QED) is 0.644. The molecule has 2 amide bonds. The Morgan fingerprint density at radius 2 is 1.72 bits per heavy atom. The summed E-state index contributed by atoms with van der Waals surface area (Å²) in [7, 11) is 0. The van der Waals surface area contributed by atoms with Gasteiger partial charge in [0.25, 0.3) is 5.91 Å². The smallest absolute Gasteiger partial charge is 0.255 e. The molecule has 0 radical (unpaired) electrons. The highest BCUT2D eigenvalue weighted by molar-refractivity contribution is 6.05. The van der Waals surface area contributed by atoms with Gasteiger partial charge in [-0.15, -0.1) is 0 Å². The van der Waals surface area contributed by atoms with Crippen LogP contribution in [0.1, 0.15) is 42.0 Å². The molecule has 0 atom stereocenters. The number of carbonyl (C=O) groups excluding carboxylic acids is 2. The topological polar surface area (TPSA) is 70.5 Å². The van der Waals surface area contributed by atoms with E-state index in [0.717, 1.165) is 67.4 Å². The molecule has 2 aromatic carbocycles. The number of aromatic nitrogens is 2. The standard InChI is InChI=1S/C25H31N5O2/c1-4-24(31)29-14-12-28(13-15-29)17-23-27-21-16-20(10-11-22(21)30(23)5-2)26-25(32)19-8-6-18(3)7-9-19/h6-11,16H,4-5,12-15,17H2,1-3H3,(H,26,32). The SMILES string of the molecule is CCC(=O)N1CCN(Cc2nc3cc(NC(=O)c4ccc(C)cc4)ccc3n2CC)CC1. The highest BCUT2D eigenvalue weighted by Gasteiger charge is 2.22. The van der Waals surface area contributed by atoms with Crippen molar-refractivity contribution in [3.05, 3.63) is 59.4 Å². The van der Waals surface area contributed by atoms with E-state index in [9.17, 15) is 9.59 Å². The fraction of sp³-hybridized carbons (Fsp3) is 0.400. The van der Waals surface area contributed by atoms with Crippen molar-refractivity contribution >= 4 is 28.5 Å². The molecule has 0 unspecified atom stereocenters. The van der Waals surface area contributed by atoms with Crippen LogP contribution in [0.15, 0.2) is 42.5 Å². The zero-order valence-electron chi connectivity index (χ0n) is 19.1. The summed E-state index contributed by atoms with van der Waals surface area (Å²) in [4.78, 5) is 33.7. The van der Waals surface area contributed by atoms with E-state index in [1.54, 1.807) is 0 Å². The number of fused-ring (bicyclic) bond motifs is 1. The molecule has 1 saturated heterocycles. The number of hydrogen-bond acceptors (Lipinski definition) is 4. The Balaban J connectivity index is 1.48. The van der Waals surface area contributed by atoms with Crippen molar-refractivity contribution in [1.82, 2.24) is 19.4 Å². The predicted molar refractivity (Wildman–Crippen MR) is 127 cm³/mol. The first-order chi connectivity index (χ1) is 15.5. The van der Waals surface area contributed by atoms with Gasteiger partial charge in [0, 0.05) is 50.4 Å². The van der Waals surface area contributed by atoms with Gasteiger partial charge in [-0.25, -0.2) is 4.98 Å². The number of anilines is 1. The number of piperazine rings is 1. The molecular weight excluding hydrogens is 402 g/mol. The van der Waals surface area contributed by atoms with Gasteiger partial charge < -0.3 is 14.8 Å². The number of nitrogens with one attached hydrogen (secondary N) is 1. The van der Waals surface area contributed by atoms with E-state index in [2.05, 4.69) is 21.7 Å². The predicted octanol–water partition coefficient (Wildman–Crippen LogP) is 3.67. The minimum absolute atomic E-state index is 0.126. The van der Waals surface area contributed by atoms with Crippen LogP contribution in [-0.2, 0) is 17.9 Å². The van der Waals surface area contributed by atoms with Gasteiger partial charge in [0.2, 0.25) is 5.91 Å². The van der Waals surface area contributed by atoms with Crippen LogP contribution in [-0.4, -0.2) is 57.3 Å². The molecule has 1 N–H and O–H groups in total. The van der Waals surface area contributed by atoms with E-state index in [1.807, 2.05) is 61.2 Å². The summed E-state index contributed by atoms with van der Waals surface area (Å²) >= 11 is 0. The second-order valence-electron chi connectivity index (χ2n) is 8.31. The Kier molecular flexibility index (Phi) is 6.55. The minimum Gasteiger partial charge on any atom is -0.340 e. The largest absolute Gasteiger partial charge is 0.340 e. The normalized spacial score (nSPS) is 14.7. The van der Waals surface area contributed by atoms with E-state index >= 15 is 0 Å². The first kappa shape index (κ1) is 22.0. The average molecular weight is 434 g/mol. The Bertz CT molecular complexity index is 1110. The lowest BCUT2D eigenvalue weighted by Crippen LogP contribution is -2.48. The summed E-state index contributed by atoms with van der Waals surface area (Å²) in [6.07, 6.45) is 0.564. The molecule has 7 heteroatoms. The van der Waals surface area contributed by atoms with E-state index in [-0.39, 0.29) is 11.8 Å². The summed E-state index contributed by atoms with van der Waals surface area (Å²) in [6, 6.07) is 13.4. The summed E-state index contributed by atoms with van der Waals surface area (Å²) in [6.45, 7) is 10.9. The van der Waals surface area contributed by atoms with Crippen LogP contribution in [0.3, 0.4) is 0 Å². The summed E-state index contributed by atoms with van der Waals surface area (Å²) in [5, 5.41) is 2.98. The van der Waals surface area contributed by atoms with Crippen LogP contribution in [0.5, 0.6) is 0 Å². The van der Waals surface area contributed by atoms with E-state index in [1.165, 1.54) is 0 Å². The first-order valence-corrected chi connectivity index (χ1v) is 11.4. The Labute approximate surface area is 189 Å². The summed E-state index contributed by atoms with van der Waals surface area (Å²) in [5.74, 6) is 1.12. The van der Waals surface area contributed by atoms with Crippen molar-refractivity contribution in [2.45, 2.75) is 40.3 Å². The van der Waals surface area contributed by atoms with Gasteiger partial charge in [-0.3, -0.25) is 14.5 Å². The molecule has 4 rings (SSSR count). The highest BCUT2D eigenvalue weighted by atomic mass is 16.2. The molecule has 32 heavy (non-hydrogen) atoms. The maximum atomic E-state index is 12.6. The van der Waals surface area contributed by atoms with Gasteiger partial charge in [0.15, 0.2) is 0 Å². The van der Waals surface area contributed by atoms with Crippen molar-refractivity contribution in [2.75, 3.05) is 31.5 Å². The summed E-state index contributed by atoms with van der Waals surface area (Å²) < 4.78 is 2.23. The number of rotatable bonds is 6. The number of aryl methyl sites for hydroxylation is 2. The number of nitrogens with zero attached hydrogens (tertiary/aromatic N) is 4. The van der Waals surface area contributed by atoms with E-state index in [0.29, 0.717) is 12.0 Å². The van der Waals surface area contributed by atoms with Gasteiger partial charge in [0.05, 0.1) is 17.6 Å². The second-order valence-corrected chi connectivity index (χ2v) is 8.31. The van der Waals surface area contributed by atoms with Gasteiger partial charge in [-0.1, -0.05) is 24.6 Å². The maximum absolute atomic E-state index is 12.6. The van der Waals surface area contributed by atoms with E-state index < -0.39 is 0 Å².